The van der Waals surface area contributed by atoms with Crippen molar-refractivity contribution in [3.05, 3.63) is 65.0 Å². The second-order valence-corrected chi connectivity index (χ2v) is 5.66. The molecule has 0 aliphatic carbocycles. The average molecular weight is 438 g/mol. The molecule has 0 saturated heterocycles. The molecular weight excluding hydrogens is 411 g/mol. The fraction of sp³-hybridized carbons (Fsp3) is 0.368. The number of halogens is 1. The molecule has 0 radical (unpaired) electrons. The van der Waals surface area contributed by atoms with E-state index in [0.29, 0.717) is 6.54 Å². The molecule has 1 aromatic carbocycles. The molecule has 2 N–H and O–H groups in total. The van der Waals surface area contributed by atoms with Gasteiger partial charge in [0.25, 0.3) is 0 Å². The number of rotatable bonds is 6. The van der Waals surface area contributed by atoms with Gasteiger partial charge < -0.3 is 10.6 Å². The number of hydrogen-bond acceptors (Lipinski definition) is 2. The molecule has 130 valence electrons. The number of benzene rings is 1. The molecule has 0 fully saturated rings. The maximum Gasteiger partial charge on any atom is 0.191 e. The highest BCUT2D eigenvalue weighted by Crippen LogP contribution is 2.06. The molecule has 4 nitrogen and oxygen atoms in total. The highest BCUT2D eigenvalue weighted by atomic mass is 127. The van der Waals surface area contributed by atoms with Gasteiger partial charge in [0.05, 0.1) is 6.54 Å². The number of hydrogen-bond donors (Lipinski definition) is 2. The van der Waals surface area contributed by atoms with Gasteiger partial charge in [0.1, 0.15) is 0 Å². The third-order valence-corrected chi connectivity index (χ3v) is 3.67. The predicted octanol–water partition coefficient (Wildman–Crippen LogP) is 3.61. The van der Waals surface area contributed by atoms with Gasteiger partial charge in [0.2, 0.25) is 0 Å². The number of aliphatic imine (C=N–C) groups is 1. The van der Waals surface area contributed by atoms with E-state index in [-0.39, 0.29) is 24.0 Å². The number of nitrogens with zero attached hydrogens (tertiary/aromatic N) is 2. The molecule has 0 spiro atoms. The molecule has 2 aromatic rings. The van der Waals surface area contributed by atoms with Crippen LogP contribution < -0.4 is 10.6 Å². The van der Waals surface area contributed by atoms with Crippen molar-refractivity contribution >= 4 is 29.9 Å². The third-order valence-electron chi connectivity index (χ3n) is 3.67. The summed E-state index contributed by atoms with van der Waals surface area (Å²) in [5.41, 5.74) is 5.05. The van der Waals surface area contributed by atoms with Crippen LogP contribution in [-0.2, 0) is 13.0 Å². The summed E-state index contributed by atoms with van der Waals surface area (Å²) in [4.78, 5) is 8.79. The Morgan fingerprint density at radius 1 is 1.17 bits per heavy atom. The highest BCUT2D eigenvalue weighted by molar-refractivity contribution is 14.0. The molecule has 0 aliphatic rings. The van der Waals surface area contributed by atoms with Crippen LogP contribution >= 0.6 is 24.0 Å². The van der Waals surface area contributed by atoms with E-state index in [9.17, 15) is 0 Å². The van der Waals surface area contributed by atoms with E-state index in [1.807, 2.05) is 12.4 Å². The van der Waals surface area contributed by atoms with Crippen LogP contribution in [0.1, 0.15) is 29.2 Å². The van der Waals surface area contributed by atoms with Gasteiger partial charge in [-0.25, -0.2) is 4.99 Å². The van der Waals surface area contributed by atoms with Crippen molar-refractivity contribution in [2.75, 3.05) is 13.1 Å². The van der Waals surface area contributed by atoms with Crippen LogP contribution in [0.4, 0.5) is 0 Å². The van der Waals surface area contributed by atoms with Gasteiger partial charge in [-0.05, 0) is 49.9 Å². The smallest absolute Gasteiger partial charge is 0.191 e. The predicted molar refractivity (Wildman–Crippen MR) is 112 cm³/mol. The lowest BCUT2D eigenvalue weighted by Crippen LogP contribution is -2.38. The minimum atomic E-state index is 0. The Labute approximate surface area is 162 Å². The Morgan fingerprint density at radius 3 is 2.71 bits per heavy atom. The third kappa shape index (κ3) is 6.86. The second-order valence-electron chi connectivity index (χ2n) is 5.66. The zero-order valence-electron chi connectivity index (χ0n) is 14.7. The molecule has 1 heterocycles. The number of aromatic nitrogens is 1. The minimum Gasteiger partial charge on any atom is -0.357 e. The van der Waals surface area contributed by atoms with Crippen molar-refractivity contribution in [2.24, 2.45) is 4.99 Å². The normalized spacial score (nSPS) is 10.9. The highest BCUT2D eigenvalue weighted by Gasteiger charge is 2.00. The van der Waals surface area contributed by atoms with Gasteiger partial charge in [0, 0.05) is 25.5 Å². The molecule has 0 atom stereocenters. The molecule has 0 aliphatic heterocycles. The maximum absolute atomic E-state index is 4.66. The van der Waals surface area contributed by atoms with Crippen LogP contribution in [-0.4, -0.2) is 24.0 Å². The van der Waals surface area contributed by atoms with Crippen LogP contribution in [0.25, 0.3) is 0 Å². The molecule has 0 saturated carbocycles. The topological polar surface area (TPSA) is 49.3 Å². The standard InChI is InChI=1S/C19H26N4.HI/c1-4-21-19(23-14-17-7-5-6-15(2)12-17)22-11-9-18-8-10-20-13-16(18)3;/h5-8,10,12-13H,4,9,11,14H2,1-3H3,(H2,21,22,23);1H. The van der Waals surface area contributed by atoms with Gasteiger partial charge in [-0.15, -0.1) is 24.0 Å². The minimum absolute atomic E-state index is 0. The average Bonchev–Trinajstić information content (AvgIpc) is 2.54. The summed E-state index contributed by atoms with van der Waals surface area (Å²) >= 11 is 0. The summed E-state index contributed by atoms with van der Waals surface area (Å²) in [5.74, 6) is 0.862. The van der Waals surface area contributed by atoms with Gasteiger partial charge in [0.15, 0.2) is 5.96 Å². The van der Waals surface area contributed by atoms with Crippen LogP contribution in [0.15, 0.2) is 47.7 Å². The van der Waals surface area contributed by atoms with Crippen molar-refractivity contribution in [2.45, 2.75) is 33.7 Å². The Bertz CT molecular complexity index is 655. The SMILES string of the molecule is CCNC(=NCc1cccc(C)c1)NCCc1ccncc1C.I. The fourth-order valence-corrected chi connectivity index (χ4v) is 2.42. The van der Waals surface area contributed by atoms with E-state index in [1.165, 1.54) is 22.3 Å². The zero-order chi connectivity index (χ0) is 16.5. The monoisotopic (exact) mass is 438 g/mol. The van der Waals surface area contributed by atoms with E-state index >= 15 is 0 Å². The number of nitrogens with one attached hydrogen (secondary N) is 2. The van der Waals surface area contributed by atoms with Crippen molar-refractivity contribution in [1.82, 2.24) is 15.6 Å². The summed E-state index contributed by atoms with van der Waals surface area (Å²) in [6, 6.07) is 10.5. The Balaban J connectivity index is 0.00000288. The molecular formula is C19H27IN4. The first-order valence-electron chi connectivity index (χ1n) is 8.16. The van der Waals surface area contributed by atoms with Gasteiger partial charge in [-0.2, -0.15) is 0 Å². The summed E-state index contributed by atoms with van der Waals surface area (Å²) in [7, 11) is 0. The van der Waals surface area contributed by atoms with Crippen molar-refractivity contribution in [3.63, 3.8) is 0 Å². The largest absolute Gasteiger partial charge is 0.357 e. The Kier molecular flexibility index (Phi) is 9.37. The Hall–Kier alpha value is -1.63. The van der Waals surface area contributed by atoms with Crippen molar-refractivity contribution in [1.29, 1.82) is 0 Å². The number of aryl methyl sites for hydroxylation is 2. The van der Waals surface area contributed by atoms with Crippen LogP contribution in [0.3, 0.4) is 0 Å². The molecule has 0 unspecified atom stereocenters. The van der Waals surface area contributed by atoms with Crippen molar-refractivity contribution in [3.8, 4) is 0 Å². The molecule has 24 heavy (non-hydrogen) atoms. The van der Waals surface area contributed by atoms with Gasteiger partial charge in [-0.3, -0.25) is 4.98 Å². The van der Waals surface area contributed by atoms with Gasteiger partial charge >= 0.3 is 0 Å². The molecule has 1 aromatic heterocycles. The van der Waals surface area contributed by atoms with E-state index in [4.69, 9.17) is 0 Å². The summed E-state index contributed by atoms with van der Waals surface area (Å²) in [6.45, 7) is 8.67. The van der Waals surface area contributed by atoms with Crippen LogP contribution in [0.5, 0.6) is 0 Å². The first kappa shape index (κ1) is 20.4. The lowest BCUT2D eigenvalue weighted by Gasteiger charge is -2.12. The lowest BCUT2D eigenvalue weighted by molar-refractivity contribution is 0.796. The molecule has 5 heteroatoms. The van der Waals surface area contributed by atoms with Crippen LogP contribution in [0, 0.1) is 13.8 Å². The van der Waals surface area contributed by atoms with E-state index in [1.54, 1.807) is 0 Å². The van der Waals surface area contributed by atoms with Crippen molar-refractivity contribution < 1.29 is 0 Å². The summed E-state index contributed by atoms with van der Waals surface area (Å²) < 4.78 is 0. The maximum atomic E-state index is 4.66. The second kappa shape index (κ2) is 11.0. The van der Waals surface area contributed by atoms with Gasteiger partial charge in [-0.1, -0.05) is 29.8 Å². The summed E-state index contributed by atoms with van der Waals surface area (Å²) in [6.07, 6.45) is 4.72. The molecule has 0 amide bonds. The van der Waals surface area contributed by atoms with E-state index < -0.39 is 0 Å². The molecule has 2 rings (SSSR count). The molecule has 0 bridgehead atoms. The first-order chi connectivity index (χ1) is 11.2. The first-order valence-corrected chi connectivity index (χ1v) is 8.16. The Morgan fingerprint density at radius 2 is 2.00 bits per heavy atom. The summed E-state index contributed by atoms with van der Waals surface area (Å²) in [5, 5.41) is 6.69. The van der Waals surface area contributed by atoms with E-state index in [0.717, 1.165) is 25.5 Å². The quantitative estimate of drug-likeness (QED) is 0.412. The number of guanidine groups is 1. The lowest BCUT2D eigenvalue weighted by atomic mass is 10.1. The number of pyridine rings is 1. The van der Waals surface area contributed by atoms with Crippen LogP contribution in [0.2, 0.25) is 0 Å². The zero-order valence-corrected chi connectivity index (χ0v) is 17.0. The fourth-order valence-electron chi connectivity index (χ4n) is 2.42. The van der Waals surface area contributed by atoms with E-state index in [2.05, 4.69) is 71.7 Å².